The SMILES string of the molecule is CCCCN1C(=O)C(=Nc2ccc([N+](=O)[O-])cc2)c2ccccc21. The fraction of sp³-hybridized carbons (Fsp3) is 0.222. The van der Waals surface area contributed by atoms with Crippen molar-refractivity contribution < 1.29 is 9.72 Å². The first kappa shape index (κ1) is 15.9. The van der Waals surface area contributed by atoms with Crippen LogP contribution in [0.15, 0.2) is 53.5 Å². The molecule has 0 atom stereocenters. The smallest absolute Gasteiger partial charge is 0.277 e. The Hall–Kier alpha value is -3.02. The van der Waals surface area contributed by atoms with E-state index >= 15 is 0 Å². The van der Waals surface area contributed by atoms with E-state index in [4.69, 9.17) is 0 Å². The first-order chi connectivity index (χ1) is 11.6. The summed E-state index contributed by atoms with van der Waals surface area (Å²) >= 11 is 0. The van der Waals surface area contributed by atoms with E-state index < -0.39 is 4.92 Å². The highest BCUT2D eigenvalue weighted by molar-refractivity contribution is 6.54. The maximum atomic E-state index is 12.7. The second kappa shape index (κ2) is 6.62. The number of hydrogen-bond donors (Lipinski definition) is 0. The zero-order valence-electron chi connectivity index (χ0n) is 13.3. The number of non-ortho nitro benzene ring substituents is 1. The third-order valence-electron chi connectivity index (χ3n) is 3.93. The third kappa shape index (κ3) is 2.90. The Kier molecular flexibility index (Phi) is 4.37. The van der Waals surface area contributed by atoms with Gasteiger partial charge in [-0.25, -0.2) is 4.99 Å². The predicted molar refractivity (Wildman–Crippen MR) is 93.0 cm³/mol. The Morgan fingerprint density at radius 1 is 1.12 bits per heavy atom. The molecule has 1 aliphatic heterocycles. The van der Waals surface area contributed by atoms with Gasteiger partial charge < -0.3 is 4.90 Å². The number of fused-ring (bicyclic) bond motifs is 1. The van der Waals surface area contributed by atoms with E-state index in [2.05, 4.69) is 11.9 Å². The van der Waals surface area contributed by atoms with Crippen LogP contribution in [-0.4, -0.2) is 23.1 Å². The molecule has 0 saturated carbocycles. The molecule has 0 unspecified atom stereocenters. The molecule has 0 N–H and O–H groups in total. The van der Waals surface area contributed by atoms with Gasteiger partial charge in [0.1, 0.15) is 5.71 Å². The summed E-state index contributed by atoms with van der Waals surface area (Å²) in [6.07, 6.45) is 1.92. The summed E-state index contributed by atoms with van der Waals surface area (Å²) in [5.74, 6) is -0.122. The molecule has 0 fully saturated rings. The molecule has 0 radical (unpaired) electrons. The molecule has 24 heavy (non-hydrogen) atoms. The summed E-state index contributed by atoms with van der Waals surface area (Å²) in [6, 6.07) is 13.5. The van der Waals surface area contributed by atoms with Crippen LogP contribution in [0.4, 0.5) is 17.1 Å². The fourth-order valence-electron chi connectivity index (χ4n) is 2.69. The quantitative estimate of drug-likeness (QED) is 0.619. The Morgan fingerprint density at radius 3 is 2.50 bits per heavy atom. The van der Waals surface area contributed by atoms with Gasteiger partial charge in [0.25, 0.3) is 11.6 Å². The molecule has 0 bridgehead atoms. The van der Waals surface area contributed by atoms with Crippen molar-refractivity contribution in [3.63, 3.8) is 0 Å². The van der Waals surface area contributed by atoms with E-state index in [0.717, 1.165) is 24.1 Å². The lowest BCUT2D eigenvalue weighted by Crippen LogP contribution is -2.30. The minimum absolute atomic E-state index is 0.00155. The summed E-state index contributed by atoms with van der Waals surface area (Å²) in [5, 5.41) is 10.7. The van der Waals surface area contributed by atoms with Crippen molar-refractivity contribution in [2.75, 3.05) is 11.4 Å². The van der Waals surface area contributed by atoms with Crippen LogP contribution in [0.1, 0.15) is 25.3 Å². The number of unbranched alkanes of at least 4 members (excludes halogenated alkanes) is 1. The molecule has 0 spiro atoms. The van der Waals surface area contributed by atoms with Crippen molar-refractivity contribution in [2.45, 2.75) is 19.8 Å². The average molecular weight is 323 g/mol. The number of carbonyl (C=O) groups is 1. The van der Waals surface area contributed by atoms with Crippen LogP contribution in [-0.2, 0) is 4.79 Å². The number of benzene rings is 2. The van der Waals surface area contributed by atoms with Crippen LogP contribution in [0.3, 0.4) is 0 Å². The van der Waals surface area contributed by atoms with Gasteiger partial charge in [-0.05, 0) is 24.6 Å². The van der Waals surface area contributed by atoms with Gasteiger partial charge in [-0.3, -0.25) is 14.9 Å². The van der Waals surface area contributed by atoms with Gasteiger partial charge in [0, 0.05) is 24.2 Å². The molecule has 1 heterocycles. The van der Waals surface area contributed by atoms with Gasteiger partial charge >= 0.3 is 0 Å². The number of hydrogen-bond acceptors (Lipinski definition) is 4. The molecule has 3 rings (SSSR count). The number of nitro groups is 1. The zero-order valence-corrected chi connectivity index (χ0v) is 13.3. The van der Waals surface area contributed by atoms with Crippen molar-refractivity contribution in [1.82, 2.24) is 0 Å². The predicted octanol–water partition coefficient (Wildman–Crippen LogP) is 3.86. The van der Waals surface area contributed by atoms with Crippen LogP contribution >= 0.6 is 0 Å². The molecular weight excluding hydrogens is 306 g/mol. The van der Waals surface area contributed by atoms with Gasteiger partial charge in [-0.1, -0.05) is 31.5 Å². The normalized spacial score (nSPS) is 15.0. The van der Waals surface area contributed by atoms with Crippen LogP contribution < -0.4 is 4.90 Å². The summed E-state index contributed by atoms with van der Waals surface area (Å²) in [4.78, 5) is 29.2. The lowest BCUT2D eigenvalue weighted by atomic mass is 10.1. The molecule has 1 aliphatic rings. The van der Waals surface area contributed by atoms with Gasteiger partial charge in [-0.15, -0.1) is 0 Å². The van der Waals surface area contributed by atoms with Gasteiger partial charge in [-0.2, -0.15) is 0 Å². The number of nitro benzene ring substituents is 1. The minimum Gasteiger partial charge on any atom is -0.306 e. The van der Waals surface area contributed by atoms with E-state index in [1.54, 1.807) is 17.0 Å². The highest BCUT2D eigenvalue weighted by Crippen LogP contribution is 2.31. The molecule has 122 valence electrons. The first-order valence-electron chi connectivity index (χ1n) is 7.86. The Bertz CT molecular complexity index is 813. The summed E-state index contributed by atoms with van der Waals surface area (Å²) < 4.78 is 0. The van der Waals surface area contributed by atoms with Crippen molar-refractivity contribution in [3.05, 3.63) is 64.2 Å². The van der Waals surface area contributed by atoms with Crippen molar-refractivity contribution >= 4 is 28.7 Å². The highest BCUT2D eigenvalue weighted by Gasteiger charge is 2.33. The number of anilines is 1. The van der Waals surface area contributed by atoms with Crippen LogP contribution in [0.25, 0.3) is 0 Å². The average Bonchev–Trinajstić information content (AvgIpc) is 2.85. The molecule has 2 aromatic rings. The third-order valence-corrected chi connectivity index (χ3v) is 3.93. The first-order valence-corrected chi connectivity index (χ1v) is 7.86. The van der Waals surface area contributed by atoms with Crippen molar-refractivity contribution in [1.29, 1.82) is 0 Å². The van der Waals surface area contributed by atoms with E-state index in [9.17, 15) is 14.9 Å². The Labute approximate surface area is 139 Å². The van der Waals surface area contributed by atoms with Crippen LogP contribution in [0.2, 0.25) is 0 Å². The molecule has 1 amide bonds. The Morgan fingerprint density at radius 2 is 1.83 bits per heavy atom. The molecule has 6 nitrogen and oxygen atoms in total. The van der Waals surface area contributed by atoms with Gasteiger partial charge in [0.05, 0.1) is 16.3 Å². The summed E-state index contributed by atoms with van der Waals surface area (Å²) in [7, 11) is 0. The second-order valence-corrected chi connectivity index (χ2v) is 5.56. The number of para-hydroxylation sites is 1. The Balaban J connectivity index is 1.98. The van der Waals surface area contributed by atoms with Crippen LogP contribution in [0, 0.1) is 10.1 Å². The molecular formula is C18H17N3O3. The number of nitrogens with zero attached hydrogens (tertiary/aromatic N) is 3. The van der Waals surface area contributed by atoms with Crippen molar-refractivity contribution in [3.8, 4) is 0 Å². The summed E-state index contributed by atoms with van der Waals surface area (Å²) in [5.41, 5.74) is 2.59. The highest BCUT2D eigenvalue weighted by atomic mass is 16.6. The van der Waals surface area contributed by atoms with E-state index in [-0.39, 0.29) is 11.6 Å². The monoisotopic (exact) mass is 323 g/mol. The van der Waals surface area contributed by atoms with E-state index in [1.807, 2.05) is 24.3 Å². The maximum absolute atomic E-state index is 12.7. The number of aliphatic imine (C=N–C) groups is 1. The molecule has 2 aromatic carbocycles. The number of amides is 1. The minimum atomic E-state index is -0.459. The second-order valence-electron chi connectivity index (χ2n) is 5.56. The van der Waals surface area contributed by atoms with Gasteiger partial charge in [0.2, 0.25) is 0 Å². The fourth-order valence-corrected chi connectivity index (χ4v) is 2.69. The standard InChI is InChI=1S/C18H17N3O3/c1-2-3-12-20-16-7-5-4-6-15(16)17(18(20)22)19-13-8-10-14(11-9-13)21(23)24/h4-11H,2-3,12H2,1H3. The van der Waals surface area contributed by atoms with Gasteiger partial charge in [0.15, 0.2) is 0 Å². The molecule has 0 saturated heterocycles. The lowest BCUT2D eigenvalue weighted by molar-refractivity contribution is -0.384. The molecule has 0 aliphatic carbocycles. The van der Waals surface area contributed by atoms with E-state index in [1.165, 1.54) is 12.1 Å². The largest absolute Gasteiger partial charge is 0.306 e. The van der Waals surface area contributed by atoms with Crippen LogP contribution in [0.5, 0.6) is 0 Å². The lowest BCUT2D eigenvalue weighted by Gasteiger charge is -2.15. The zero-order chi connectivity index (χ0) is 17.1. The topological polar surface area (TPSA) is 75.8 Å². The van der Waals surface area contributed by atoms with Crippen molar-refractivity contribution in [2.24, 2.45) is 4.99 Å². The number of rotatable bonds is 5. The van der Waals surface area contributed by atoms with E-state index in [0.29, 0.717) is 17.9 Å². The summed E-state index contributed by atoms with van der Waals surface area (Å²) in [6.45, 7) is 2.74. The molecule has 0 aromatic heterocycles. The molecule has 6 heteroatoms. The number of carbonyl (C=O) groups excluding carboxylic acids is 1. The maximum Gasteiger partial charge on any atom is 0.277 e.